The van der Waals surface area contributed by atoms with Crippen LogP contribution < -0.4 is 24.8 Å². The number of benzene rings is 2. The van der Waals surface area contributed by atoms with Gasteiger partial charge in [-0.1, -0.05) is 12.1 Å². The van der Waals surface area contributed by atoms with Gasteiger partial charge in [0.1, 0.15) is 0 Å². The molecule has 0 saturated carbocycles. The lowest BCUT2D eigenvalue weighted by Gasteiger charge is -2.16. The molecule has 1 amide bonds. The molecule has 2 rings (SSSR count). The molecule has 0 aliphatic carbocycles. The zero-order valence-electron chi connectivity index (χ0n) is 20.2. The van der Waals surface area contributed by atoms with Gasteiger partial charge in [0, 0.05) is 38.3 Å². The van der Waals surface area contributed by atoms with E-state index in [1.807, 2.05) is 43.3 Å². The maximum atomic E-state index is 12.2. The molecule has 2 aromatic rings. The lowest BCUT2D eigenvalue weighted by atomic mass is 10.1. The number of guanidine groups is 1. The number of nitrogens with one attached hydrogen (secondary N) is 2. The van der Waals surface area contributed by atoms with Crippen molar-refractivity contribution in [1.29, 1.82) is 0 Å². The Morgan fingerprint density at radius 2 is 1.73 bits per heavy atom. The average molecular weight is 570 g/mol. The van der Waals surface area contributed by atoms with Gasteiger partial charge in [-0.3, -0.25) is 4.79 Å². The predicted octanol–water partition coefficient (Wildman–Crippen LogP) is 3.33. The summed E-state index contributed by atoms with van der Waals surface area (Å²) in [6.07, 6.45) is 0.763. The molecule has 0 heterocycles. The molecule has 0 unspecified atom stereocenters. The average Bonchev–Trinajstić information content (AvgIpc) is 2.81. The number of rotatable bonds is 10. The van der Waals surface area contributed by atoms with Gasteiger partial charge in [0.25, 0.3) is 5.91 Å². The number of methoxy groups -OCH3 is 3. The number of hydrogen-bond acceptors (Lipinski definition) is 5. The van der Waals surface area contributed by atoms with Crippen LogP contribution >= 0.6 is 24.0 Å². The van der Waals surface area contributed by atoms with Crippen LogP contribution in [0, 0.1) is 0 Å². The number of hydrogen-bond donors (Lipinski definition) is 2. The fourth-order valence-electron chi connectivity index (χ4n) is 3.24. The van der Waals surface area contributed by atoms with Crippen molar-refractivity contribution in [3.8, 4) is 17.2 Å². The van der Waals surface area contributed by atoms with Crippen LogP contribution in [-0.2, 0) is 13.0 Å². The van der Waals surface area contributed by atoms with Crippen molar-refractivity contribution in [3.05, 3.63) is 53.1 Å². The van der Waals surface area contributed by atoms with Gasteiger partial charge in [-0.2, -0.15) is 0 Å². The molecule has 0 radical (unpaired) electrons. The van der Waals surface area contributed by atoms with Gasteiger partial charge in [0.2, 0.25) is 5.75 Å². The van der Waals surface area contributed by atoms with E-state index in [9.17, 15) is 4.79 Å². The molecule has 0 aromatic heterocycles. The molecule has 2 aromatic carbocycles. The first-order chi connectivity index (χ1) is 15.4. The zero-order valence-corrected chi connectivity index (χ0v) is 22.6. The maximum Gasteiger partial charge on any atom is 0.253 e. The molecule has 9 heteroatoms. The van der Waals surface area contributed by atoms with E-state index >= 15 is 0 Å². The Labute approximate surface area is 213 Å². The Balaban J connectivity index is 0.00000544. The molecule has 8 nitrogen and oxygen atoms in total. The standard InChI is InChI=1S/C24H34N4O4.HI/c1-7-25-24(26-14-13-17-9-8-10-18(15-17)23(29)28(2)3)27-16-19-11-12-20(30-4)22(32-6)21(19)31-5;/h8-12,15H,7,13-14,16H2,1-6H3,(H2,25,26,27);1H. The van der Waals surface area contributed by atoms with E-state index < -0.39 is 0 Å². The van der Waals surface area contributed by atoms with Crippen LogP contribution in [0.3, 0.4) is 0 Å². The first-order valence-corrected chi connectivity index (χ1v) is 10.6. The van der Waals surface area contributed by atoms with Crippen molar-refractivity contribution in [2.45, 2.75) is 19.9 Å². The highest BCUT2D eigenvalue weighted by Crippen LogP contribution is 2.39. The van der Waals surface area contributed by atoms with E-state index in [2.05, 4.69) is 15.6 Å². The lowest BCUT2D eigenvalue weighted by molar-refractivity contribution is 0.0827. The number of carbonyl (C=O) groups is 1. The first kappa shape index (κ1) is 28.3. The Hall–Kier alpha value is -2.69. The quantitative estimate of drug-likeness (QED) is 0.259. The molecular weight excluding hydrogens is 535 g/mol. The number of halogens is 1. The largest absolute Gasteiger partial charge is 0.493 e. The fourth-order valence-corrected chi connectivity index (χ4v) is 3.24. The van der Waals surface area contributed by atoms with E-state index in [1.165, 1.54) is 0 Å². The van der Waals surface area contributed by atoms with E-state index in [1.54, 1.807) is 40.3 Å². The third-order valence-electron chi connectivity index (χ3n) is 4.82. The molecule has 0 aliphatic heterocycles. The van der Waals surface area contributed by atoms with Crippen molar-refractivity contribution in [3.63, 3.8) is 0 Å². The van der Waals surface area contributed by atoms with Crippen LogP contribution in [0.2, 0.25) is 0 Å². The summed E-state index contributed by atoms with van der Waals surface area (Å²) >= 11 is 0. The van der Waals surface area contributed by atoms with Crippen LogP contribution in [0.5, 0.6) is 17.2 Å². The Kier molecular flexibility index (Phi) is 12.4. The van der Waals surface area contributed by atoms with E-state index in [0.717, 1.165) is 24.1 Å². The summed E-state index contributed by atoms with van der Waals surface area (Å²) in [6, 6.07) is 11.5. The van der Waals surface area contributed by atoms with Gasteiger partial charge >= 0.3 is 0 Å². The van der Waals surface area contributed by atoms with Gasteiger partial charge < -0.3 is 29.7 Å². The van der Waals surface area contributed by atoms with Crippen molar-refractivity contribution < 1.29 is 19.0 Å². The Morgan fingerprint density at radius 1 is 1.00 bits per heavy atom. The number of nitrogens with zero attached hydrogens (tertiary/aromatic N) is 2. The molecule has 0 fully saturated rings. The summed E-state index contributed by atoms with van der Waals surface area (Å²) in [5.74, 6) is 2.46. The monoisotopic (exact) mass is 570 g/mol. The summed E-state index contributed by atoms with van der Waals surface area (Å²) in [7, 11) is 8.28. The zero-order chi connectivity index (χ0) is 23.5. The molecule has 2 N–H and O–H groups in total. The van der Waals surface area contributed by atoms with Crippen LogP contribution in [0.15, 0.2) is 41.4 Å². The van der Waals surface area contributed by atoms with Crippen molar-refractivity contribution in [2.75, 3.05) is 48.5 Å². The number of aliphatic imine (C=N–C) groups is 1. The Bertz CT molecular complexity index is 935. The summed E-state index contributed by atoms with van der Waals surface area (Å²) in [6.45, 7) is 3.84. The van der Waals surface area contributed by atoms with E-state index in [0.29, 0.717) is 41.9 Å². The van der Waals surface area contributed by atoms with Crippen molar-refractivity contribution in [2.24, 2.45) is 4.99 Å². The number of ether oxygens (including phenoxy) is 3. The highest BCUT2D eigenvalue weighted by Gasteiger charge is 2.15. The molecule has 0 spiro atoms. The lowest BCUT2D eigenvalue weighted by Crippen LogP contribution is -2.38. The summed E-state index contributed by atoms with van der Waals surface area (Å²) in [4.78, 5) is 18.4. The predicted molar refractivity (Wildman–Crippen MR) is 142 cm³/mol. The van der Waals surface area contributed by atoms with Crippen molar-refractivity contribution in [1.82, 2.24) is 15.5 Å². The Morgan fingerprint density at radius 3 is 2.33 bits per heavy atom. The fraction of sp³-hybridized carbons (Fsp3) is 0.417. The molecule has 0 bridgehead atoms. The topological polar surface area (TPSA) is 84.4 Å². The van der Waals surface area contributed by atoms with Gasteiger partial charge in [-0.05, 0) is 43.2 Å². The summed E-state index contributed by atoms with van der Waals surface area (Å²) < 4.78 is 16.3. The molecule has 0 saturated heterocycles. The third kappa shape index (κ3) is 7.99. The summed E-state index contributed by atoms with van der Waals surface area (Å²) in [5.41, 5.74) is 2.66. The minimum absolute atomic E-state index is 0. The van der Waals surface area contributed by atoms with E-state index in [4.69, 9.17) is 14.2 Å². The second-order valence-corrected chi connectivity index (χ2v) is 7.27. The summed E-state index contributed by atoms with van der Waals surface area (Å²) in [5, 5.41) is 6.60. The molecule has 33 heavy (non-hydrogen) atoms. The highest BCUT2D eigenvalue weighted by molar-refractivity contribution is 14.0. The molecule has 182 valence electrons. The van der Waals surface area contributed by atoms with Crippen LogP contribution in [0.25, 0.3) is 0 Å². The maximum absolute atomic E-state index is 12.2. The minimum Gasteiger partial charge on any atom is -0.493 e. The minimum atomic E-state index is -0.00132. The van der Waals surface area contributed by atoms with Crippen LogP contribution in [-0.4, -0.2) is 65.3 Å². The smallest absolute Gasteiger partial charge is 0.253 e. The van der Waals surface area contributed by atoms with Gasteiger partial charge in [-0.25, -0.2) is 4.99 Å². The number of amides is 1. The first-order valence-electron chi connectivity index (χ1n) is 10.6. The second kappa shape index (κ2) is 14.5. The van der Waals surface area contributed by atoms with E-state index in [-0.39, 0.29) is 29.9 Å². The molecule has 0 aliphatic rings. The van der Waals surface area contributed by atoms with Gasteiger partial charge in [-0.15, -0.1) is 24.0 Å². The van der Waals surface area contributed by atoms with Gasteiger partial charge in [0.15, 0.2) is 17.5 Å². The third-order valence-corrected chi connectivity index (χ3v) is 4.82. The highest BCUT2D eigenvalue weighted by atomic mass is 127. The van der Waals surface area contributed by atoms with Gasteiger partial charge in [0.05, 0.1) is 27.9 Å². The van der Waals surface area contributed by atoms with Crippen molar-refractivity contribution >= 4 is 35.8 Å². The normalized spacial score (nSPS) is 10.7. The van der Waals surface area contributed by atoms with Crippen LogP contribution in [0.1, 0.15) is 28.4 Å². The van der Waals surface area contributed by atoms with Crippen LogP contribution in [0.4, 0.5) is 0 Å². The molecule has 0 atom stereocenters. The number of carbonyl (C=O) groups excluding carboxylic acids is 1. The molecular formula is C24H35IN4O4. The second-order valence-electron chi connectivity index (χ2n) is 7.27. The SMILES string of the molecule is CCNC(=NCc1ccc(OC)c(OC)c1OC)NCCc1cccc(C(=O)N(C)C)c1.I.